The molecule has 2 aliphatic rings. The predicted molar refractivity (Wildman–Crippen MR) is 119 cm³/mol. The van der Waals surface area contributed by atoms with E-state index in [1.165, 1.54) is 0 Å². The molecule has 0 bridgehead atoms. The van der Waals surface area contributed by atoms with Gasteiger partial charge in [-0.25, -0.2) is 5.01 Å². The summed E-state index contributed by atoms with van der Waals surface area (Å²) < 4.78 is 18.3. The third kappa shape index (κ3) is 3.31. The fraction of sp³-hybridized carbons (Fsp3) is 0.208. The molecule has 30 heavy (non-hydrogen) atoms. The number of benzene rings is 3. The predicted octanol–water partition coefficient (Wildman–Crippen LogP) is 5.71. The summed E-state index contributed by atoms with van der Waals surface area (Å²) in [6, 6.07) is 22.2. The van der Waals surface area contributed by atoms with Crippen molar-refractivity contribution in [1.82, 2.24) is 5.01 Å². The van der Waals surface area contributed by atoms with Crippen molar-refractivity contribution in [1.29, 1.82) is 0 Å². The largest absolute Gasteiger partial charge is 0.497 e. The van der Waals surface area contributed by atoms with Crippen LogP contribution in [-0.4, -0.2) is 24.9 Å². The molecule has 3 aromatic carbocycles. The second-order valence-electron chi connectivity index (χ2n) is 7.31. The molecule has 2 heterocycles. The lowest BCUT2D eigenvalue weighted by molar-refractivity contribution is -0.0191. The van der Waals surface area contributed by atoms with Crippen molar-refractivity contribution in [2.75, 3.05) is 14.2 Å². The molecule has 0 saturated heterocycles. The van der Waals surface area contributed by atoms with Crippen LogP contribution in [0.4, 0.5) is 0 Å². The van der Waals surface area contributed by atoms with E-state index in [4.69, 9.17) is 19.3 Å². The third-order valence-corrected chi connectivity index (χ3v) is 6.03. The van der Waals surface area contributed by atoms with E-state index in [-0.39, 0.29) is 12.3 Å². The maximum Gasteiger partial charge on any atom is 0.214 e. The van der Waals surface area contributed by atoms with Gasteiger partial charge in [0.15, 0.2) is 0 Å². The number of hydrazone groups is 1. The molecule has 152 valence electrons. The van der Waals surface area contributed by atoms with Crippen LogP contribution >= 0.6 is 15.9 Å². The average molecular weight is 465 g/mol. The van der Waals surface area contributed by atoms with Crippen LogP contribution in [0.5, 0.6) is 17.2 Å². The van der Waals surface area contributed by atoms with Gasteiger partial charge in [0.25, 0.3) is 0 Å². The lowest BCUT2D eigenvalue weighted by Gasteiger charge is -2.38. The molecule has 0 radical (unpaired) electrons. The van der Waals surface area contributed by atoms with Gasteiger partial charge in [0.2, 0.25) is 6.23 Å². The van der Waals surface area contributed by atoms with Crippen LogP contribution in [0.1, 0.15) is 35.4 Å². The first-order valence-corrected chi connectivity index (χ1v) is 10.6. The van der Waals surface area contributed by atoms with Crippen LogP contribution in [0.3, 0.4) is 0 Å². The zero-order valence-electron chi connectivity index (χ0n) is 16.7. The van der Waals surface area contributed by atoms with E-state index in [2.05, 4.69) is 33.1 Å². The van der Waals surface area contributed by atoms with E-state index in [9.17, 15) is 0 Å². The van der Waals surface area contributed by atoms with Crippen molar-refractivity contribution < 1.29 is 14.2 Å². The van der Waals surface area contributed by atoms with Crippen molar-refractivity contribution in [3.05, 3.63) is 87.9 Å². The Morgan fingerprint density at radius 2 is 1.73 bits per heavy atom. The first kappa shape index (κ1) is 19.0. The number of rotatable bonds is 4. The Kier molecular flexibility index (Phi) is 4.87. The normalized spacial score (nSPS) is 19.4. The lowest BCUT2D eigenvalue weighted by Crippen LogP contribution is -2.33. The van der Waals surface area contributed by atoms with Crippen molar-refractivity contribution >= 4 is 21.6 Å². The standard InChI is InChI=1S/C24H21BrN2O3/c1-28-18-7-3-5-15(11-18)21-14-22-20-13-17(25)9-10-23(20)30-24(27(22)26-21)16-6-4-8-19(12-16)29-2/h3-13,22,24H,14H2,1-2H3. The van der Waals surface area contributed by atoms with Gasteiger partial charge in [0.05, 0.1) is 26.0 Å². The van der Waals surface area contributed by atoms with E-state index in [1.54, 1.807) is 14.2 Å². The molecule has 0 amide bonds. The van der Waals surface area contributed by atoms with Gasteiger partial charge in [-0.15, -0.1) is 0 Å². The molecule has 6 heteroatoms. The molecule has 0 saturated carbocycles. The van der Waals surface area contributed by atoms with Crippen LogP contribution < -0.4 is 14.2 Å². The first-order chi connectivity index (χ1) is 14.7. The minimum atomic E-state index is -0.332. The Bertz CT molecular complexity index is 1130. The third-order valence-electron chi connectivity index (χ3n) is 5.53. The summed E-state index contributed by atoms with van der Waals surface area (Å²) in [5.74, 6) is 2.50. The number of hydrogen-bond donors (Lipinski definition) is 0. The fourth-order valence-electron chi connectivity index (χ4n) is 4.05. The molecule has 0 N–H and O–H groups in total. The molecule has 2 unspecified atom stereocenters. The van der Waals surface area contributed by atoms with Gasteiger partial charge in [-0.1, -0.05) is 40.2 Å². The highest BCUT2D eigenvalue weighted by Gasteiger charge is 2.41. The summed E-state index contributed by atoms with van der Waals surface area (Å²) in [5.41, 5.74) is 4.21. The van der Waals surface area contributed by atoms with Crippen molar-refractivity contribution in [3.63, 3.8) is 0 Å². The number of methoxy groups -OCH3 is 2. The SMILES string of the molecule is COc1cccc(C2=NN3C(C2)c2cc(Br)ccc2OC3c2cccc(OC)c2)c1. The van der Waals surface area contributed by atoms with Crippen LogP contribution in [-0.2, 0) is 0 Å². The Morgan fingerprint density at radius 1 is 0.967 bits per heavy atom. The molecule has 0 aromatic heterocycles. The highest BCUT2D eigenvalue weighted by molar-refractivity contribution is 9.10. The topological polar surface area (TPSA) is 43.3 Å². The molecule has 5 rings (SSSR count). The minimum Gasteiger partial charge on any atom is -0.497 e. The van der Waals surface area contributed by atoms with E-state index in [1.807, 2.05) is 54.6 Å². The maximum atomic E-state index is 6.43. The molecule has 2 aliphatic heterocycles. The van der Waals surface area contributed by atoms with Crippen molar-refractivity contribution in [2.45, 2.75) is 18.7 Å². The van der Waals surface area contributed by atoms with E-state index >= 15 is 0 Å². The number of hydrogen-bond acceptors (Lipinski definition) is 5. The highest BCUT2D eigenvalue weighted by atomic mass is 79.9. The van der Waals surface area contributed by atoms with Gasteiger partial charge in [-0.05, 0) is 42.5 Å². The summed E-state index contributed by atoms with van der Waals surface area (Å²) in [6.07, 6.45) is 0.461. The summed E-state index contributed by atoms with van der Waals surface area (Å²) in [6.45, 7) is 0. The van der Waals surface area contributed by atoms with E-state index in [0.29, 0.717) is 0 Å². The first-order valence-electron chi connectivity index (χ1n) is 9.76. The van der Waals surface area contributed by atoms with Crippen LogP contribution in [0.2, 0.25) is 0 Å². The maximum absolute atomic E-state index is 6.43. The lowest BCUT2D eigenvalue weighted by atomic mass is 9.96. The average Bonchev–Trinajstić information content (AvgIpc) is 3.24. The molecule has 0 fully saturated rings. The van der Waals surface area contributed by atoms with Gasteiger partial charge in [-0.2, -0.15) is 5.10 Å². The van der Waals surface area contributed by atoms with Crippen molar-refractivity contribution in [3.8, 4) is 17.2 Å². The minimum absolute atomic E-state index is 0.0867. The van der Waals surface area contributed by atoms with Gasteiger partial charge in [-0.3, -0.25) is 0 Å². The Balaban J connectivity index is 1.60. The molecule has 5 nitrogen and oxygen atoms in total. The molecule has 2 atom stereocenters. The second kappa shape index (κ2) is 7.69. The fourth-order valence-corrected chi connectivity index (χ4v) is 4.43. The quantitative estimate of drug-likeness (QED) is 0.495. The Hall–Kier alpha value is -2.99. The van der Waals surface area contributed by atoms with Crippen LogP contribution in [0.25, 0.3) is 0 Å². The number of fused-ring (bicyclic) bond motifs is 3. The molecular weight excluding hydrogens is 444 g/mol. The summed E-state index contributed by atoms with van der Waals surface area (Å²) in [7, 11) is 3.35. The van der Waals surface area contributed by atoms with Gasteiger partial charge in [0, 0.05) is 27.6 Å². The summed E-state index contributed by atoms with van der Waals surface area (Å²) in [4.78, 5) is 0. The zero-order chi connectivity index (χ0) is 20.7. The van der Waals surface area contributed by atoms with Gasteiger partial charge in [0.1, 0.15) is 17.2 Å². The summed E-state index contributed by atoms with van der Waals surface area (Å²) in [5, 5.41) is 7.08. The van der Waals surface area contributed by atoms with E-state index in [0.717, 1.165) is 50.5 Å². The van der Waals surface area contributed by atoms with Gasteiger partial charge < -0.3 is 14.2 Å². The number of ether oxygens (including phenoxy) is 3. The Labute approximate surface area is 184 Å². The second-order valence-corrected chi connectivity index (χ2v) is 8.22. The molecule has 3 aromatic rings. The van der Waals surface area contributed by atoms with Crippen LogP contribution in [0, 0.1) is 0 Å². The number of nitrogens with zero attached hydrogens (tertiary/aromatic N) is 2. The smallest absolute Gasteiger partial charge is 0.214 e. The molecular formula is C24H21BrN2O3. The van der Waals surface area contributed by atoms with Crippen LogP contribution in [0.15, 0.2) is 76.3 Å². The summed E-state index contributed by atoms with van der Waals surface area (Å²) >= 11 is 3.60. The molecule has 0 aliphatic carbocycles. The van der Waals surface area contributed by atoms with Gasteiger partial charge >= 0.3 is 0 Å². The zero-order valence-corrected chi connectivity index (χ0v) is 18.3. The number of halogens is 1. The highest BCUT2D eigenvalue weighted by Crippen LogP contribution is 2.48. The van der Waals surface area contributed by atoms with Crippen molar-refractivity contribution in [2.24, 2.45) is 5.10 Å². The monoisotopic (exact) mass is 464 g/mol. The molecule has 0 spiro atoms. The Morgan fingerprint density at radius 3 is 2.53 bits per heavy atom. The van der Waals surface area contributed by atoms with E-state index < -0.39 is 0 Å².